The number of nitrogens with one attached hydrogen (secondary N) is 1. The third-order valence-corrected chi connectivity index (χ3v) is 3.87. The number of hydrogen-bond donors (Lipinski definition) is 1. The summed E-state index contributed by atoms with van der Waals surface area (Å²) >= 11 is 5.72. The molecule has 1 N–H and O–H groups in total. The van der Waals surface area contributed by atoms with Gasteiger partial charge in [0.05, 0.1) is 4.92 Å². The number of hydrogen-bond acceptors (Lipinski definition) is 4. The van der Waals surface area contributed by atoms with E-state index in [0.717, 1.165) is 32.5 Å². The van der Waals surface area contributed by atoms with Gasteiger partial charge in [0.2, 0.25) is 5.91 Å². The second-order valence-electron chi connectivity index (χ2n) is 5.07. The maximum Gasteiger partial charge on any atom is 0.289 e. The summed E-state index contributed by atoms with van der Waals surface area (Å²) in [4.78, 5) is 22.1. The zero-order chi connectivity index (χ0) is 15.2. The smallest absolute Gasteiger partial charge is 0.289 e. The van der Waals surface area contributed by atoms with E-state index < -0.39 is 4.92 Å². The van der Waals surface area contributed by atoms with E-state index in [1.165, 1.54) is 12.1 Å². The molecule has 0 spiro atoms. The van der Waals surface area contributed by atoms with Crippen molar-refractivity contribution in [1.29, 1.82) is 0 Å². The van der Waals surface area contributed by atoms with Gasteiger partial charge in [0.25, 0.3) is 5.69 Å². The number of benzene rings is 1. The second kappa shape index (κ2) is 7.38. The van der Waals surface area contributed by atoms with Gasteiger partial charge < -0.3 is 10.1 Å². The lowest BCUT2D eigenvalue weighted by Crippen LogP contribution is -2.18. The predicted octanol–water partition coefficient (Wildman–Crippen LogP) is 3.39. The summed E-state index contributed by atoms with van der Waals surface area (Å²) in [6.07, 6.45) is 3.19. The molecule has 1 aromatic rings. The van der Waals surface area contributed by atoms with Gasteiger partial charge in [0.15, 0.2) is 0 Å². The Balaban J connectivity index is 1.87. The van der Waals surface area contributed by atoms with E-state index in [9.17, 15) is 14.9 Å². The molecule has 7 heteroatoms. The number of nitro groups is 1. The van der Waals surface area contributed by atoms with Crippen LogP contribution in [0, 0.1) is 16.0 Å². The van der Waals surface area contributed by atoms with Crippen molar-refractivity contribution in [1.82, 2.24) is 0 Å². The number of carbonyl (C=O) groups is 1. The van der Waals surface area contributed by atoms with Crippen molar-refractivity contribution >= 4 is 28.9 Å². The van der Waals surface area contributed by atoms with Gasteiger partial charge >= 0.3 is 0 Å². The van der Waals surface area contributed by atoms with Crippen LogP contribution in [0.2, 0.25) is 5.02 Å². The fourth-order valence-corrected chi connectivity index (χ4v) is 2.51. The van der Waals surface area contributed by atoms with Gasteiger partial charge in [-0.2, -0.15) is 0 Å². The molecule has 1 saturated heterocycles. The summed E-state index contributed by atoms with van der Waals surface area (Å²) in [5, 5.41) is 13.5. The maximum atomic E-state index is 11.9. The van der Waals surface area contributed by atoms with Crippen molar-refractivity contribution in [3.05, 3.63) is 33.3 Å². The number of halogens is 1. The number of rotatable bonds is 5. The molecule has 1 amide bonds. The molecule has 1 aliphatic rings. The molecule has 0 bridgehead atoms. The highest BCUT2D eigenvalue weighted by atomic mass is 35.5. The standard InChI is InChI=1S/C14H17ClN2O4/c15-12-3-2-11(9-13(12)17(19)20)16-14(18)4-1-10-5-7-21-8-6-10/h2-3,9-10H,1,4-8H2,(H,16,18). The highest BCUT2D eigenvalue weighted by Gasteiger charge is 2.16. The topological polar surface area (TPSA) is 81.5 Å². The number of ether oxygens (including phenoxy) is 1. The minimum Gasteiger partial charge on any atom is -0.381 e. The molecule has 0 radical (unpaired) electrons. The highest BCUT2D eigenvalue weighted by molar-refractivity contribution is 6.32. The van der Waals surface area contributed by atoms with Crippen molar-refractivity contribution in [2.75, 3.05) is 18.5 Å². The van der Waals surface area contributed by atoms with Crippen LogP contribution < -0.4 is 5.32 Å². The molecular weight excluding hydrogens is 296 g/mol. The number of carbonyl (C=O) groups excluding carboxylic acids is 1. The number of anilines is 1. The Morgan fingerprint density at radius 1 is 1.43 bits per heavy atom. The molecule has 21 heavy (non-hydrogen) atoms. The first-order chi connectivity index (χ1) is 10.1. The van der Waals surface area contributed by atoms with E-state index >= 15 is 0 Å². The highest BCUT2D eigenvalue weighted by Crippen LogP contribution is 2.27. The van der Waals surface area contributed by atoms with Crippen molar-refractivity contribution in [3.63, 3.8) is 0 Å². The van der Waals surface area contributed by atoms with Crippen molar-refractivity contribution in [2.45, 2.75) is 25.7 Å². The number of nitro benzene ring substituents is 1. The quantitative estimate of drug-likeness (QED) is 0.667. The Bertz CT molecular complexity index is 530. The van der Waals surface area contributed by atoms with Crippen LogP contribution in [-0.4, -0.2) is 24.0 Å². The average molecular weight is 313 g/mol. The Hall–Kier alpha value is -1.66. The van der Waals surface area contributed by atoms with Crippen molar-refractivity contribution in [2.24, 2.45) is 5.92 Å². The summed E-state index contributed by atoms with van der Waals surface area (Å²) in [5.41, 5.74) is 0.182. The molecule has 1 aliphatic heterocycles. The van der Waals surface area contributed by atoms with E-state index in [4.69, 9.17) is 16.3 Å². The van der Waals surface area contributed by atoms with Crippen molar-refractivity contribution < 1.29 is 14.5 Å². The number of amides is 1. The van der Waals surface area contributed by atoms with E-state index in [1.54, 1.807) is 6.07 Å². The van der Waals surface area contributed by atoms with Gasteiger partial charge in [-0.25, -0.2) is 0 Å². The molecule has 0 atom stereocenters. The molecular formula is C14H17ClN2O4. The summed E-state index contributed by atoms with van der Waals surface area (Å²) in [6, 6.07) is 4.24. The summed E-state index contributed by atoms with van der Waals surface area (Å²) < 4.78 is 5.27. The van der Waals surface area contributed by atoms with Crippen LogP contribution in [0.3, 0.4) is 0 Å². The Labute approximate surface area is 127 Å². The molecule has 6 nitrogen and oxygen atoms in total. The zero-order valence-electron chi connectivity index (χ0n) is 11.5. The van der Waals surface area contributed by atoms with Crippen LogP contribution >= 0.6 is 11.6 Å². The van der Waals surface area contributed by atoms with Crippen LogP contribution in [0.25, 0.3) is 0 Å². The third kappa shape index (κ3) is 4.68. The molecule has 2 rings (SSSR count). The molecule has 114 valence electrons. The zero-order valence-corrected chi connectivity index (χ0v) is 12.3. The minimum absolute atomic E-state index is 0.0557. The fourth-order valence-electron chi connectivity index (χ4n) is 2.32. The van der Waals surface area contributed by atoms with E-state index in [-0.39, 0.29) is 16.6 Å². The van der Waals surface area contributed by atoms with Crippen LogP contribution in [0.4, 0.5) is 11.4 Å². The first kappa shape index (κ1) is 15.7. The predicted molar refractivity (Wildman–Crippen MR) is 79.5 cm³/mol. The third-order valence-electron chi connectivity index (χ3n) is 3.55. The summed E-state index contributed by atoms with van der Waals surface area (Å²) in [5.74, 6) is 0.377. The Morgan fingerprint density at radius 3 is 2.81 bits per heavy atom. The fraction of sp³-hybridized carbons (Fsp3) is 0.500. The first-order valence-corrected chi connectivity index (χ1v) is 7.25. The van der Waals surface area contributed by atoms with Crippen LogP contribution in [0.5, 0.6) is 0 Å². The molecule has 0 aromatic heterocycles. The largest absolute Gasteiger partial charge is 0.381 e. The minimum atomic E-state index is -0.569. The Kier molecular flexibility index (Phi) is 5.52. The molecule has 0 aliphatic carbocycles. The van der Waals surface area contributed by atoms with E-state index in [0.29, 0.717) is 18.0 Å². The van der Waals surface area contributed by atoms with Crippen molar-refractivity contribution in [3.8, 4) is 0 Å². The summed E-state index contributed by atoms with van der Waals surface area (Å²) in [7, 11) is 0. The summed E-state index contributed by atoms with van der Waals surface area (Å²) in [6.45, 7) is 1.52. The second-order valence-corrected chi connectivity index (χ2v) is 5.47. The average Bonchev–Trinajstić information content (AvgIpc) is 2.48. The van der Waals surface area contributed by atoms with Gasteiger partial charge in [-0.1, -0.05) is 11.6 Å². The lowest BCUT2D eigenvalue weighted by Gasteiger charge is -2.21. The van der Waals surface area contributed by atoms with Crippen LogP contribution in [0.15, 0.2) is 18.2 Å². The van der Waals surface area contributed by atoms with Gasteiger partial charge in [-0.05, 0) is 37.3 Å². The Morgan fingerprint density at radius 2 is 2.14 bits per heavy atom. The SMILES string of the molecule is O=C(CCC1CCOCC1)Nc1ccc(Cl)c([N+](=O)[O-])c1. The molecule has 1 aromatic carbocycles. The normalized spacial score (nSPS) is 15.7. The van der Waals surface area contributed by atoms with Gasteiger partial charge in [-0.3, -0.25) is 14.9 Å². The molecule has 0 unspecified atom stereocenters. The van der Waals surface area contributed by atoms with Gasteiger partial charge in [0.1, 0.15) is 5.02 Å². The van der Waals surface area contributed by atoms with Crippen LogP contribution in [0.1, 0.15) is 25.7 Å². The van der Waals surface area contributed by atoms with E-state index in [1.807, 2.05) is 0 Å². The van der Waals surface area contributed by atoms with Crippen LogP contribution in [-0.2, 0) is 9.53 Å². The monoisotopic (exact) mass is 312 g/mol. The van der Waals surface area contributed by atoms with Gasteiger partial charge in [0, 0.05) is 31.4 Å². The molecule has 1 heterocycles. The first-order valence-electron chi connectivity index (χ1n) is 6.88. The lowest BCUT2D eigenvalue weighted by molar-refractivity contribution is -0.384. The lowest BCUT2D eigenvalue weighted by atomic mass is 9.95. The van der Waals surface area contributed by atoms with Gasteiger partial charge in [-0.15, -0.1) is 0 Å². The maximum absolute atomic E-state index is 11.9. The number of nitrogens with zero attached hydrogens (tertiary/aromatic N) is 1. The van der Waals surface area contributed by atoms with E-state index in [2.05, 4.69) is 5.32 Å². The molecule has 1 fully saturated rings. The molecule has 0 saturated carbocycles.